The van der Waals surface area contributed by atoms with Crippen molar-refractivity contribution in [2.24, 2.45) is 0 Å². The molecule has 1 atom stereocenters. The Morgan fingerprint density at radius 2 is 2.00 bits per heavy atom. The maximum atomic E-state index is 11.5. The molecule has 1 N–H and O–H groups in total. The van der Waals surface area contributed by atoms with Gasteiger partial charge in [-0.3, -0.25) is 0 Å². The van der Waals surface area contributed by atoms with Crippen LogP contribution in [0.2, 0.25) is 0 Å². The average molecular weight is 185 g/mol. The zero-order chi connectivity index (χ0) is 9.61. The van der Waals surface area contributed by atoms with Crippen LogP contribution < -0.4 is 5.32 Å². The van der Waals surface area contributed by atoms with Crippen LogP contribution in [0.25, 0.3) is 0 Å². The van der Waals surface area contributed by atoms with Gasteiger partial charge >= 0.3 is 6.18 Å². The number of alkyl halides is 3. The molecule has 0 aromatic rings. The van der Waals surface area contributed by atoms with Gasteiger partial charge < -0.3 is 10.1 Å². The Labute approximate surface area is 70.1 Å². The highest BCUT2D eigenvalue weighted by atomic mass is 19.4. The quantitative estimate of drug-likeness (QED) is 0.701. The number of halogens is 3. The molecule has 12 heavy (non-hydrogen) atoms. The summed E-state index contributed by atoms with van der Waals surface area (Å²) in [5.74, 6) is 0. The number of hydrogen-bond acceptors (Lipinski definition) is 2. The summed E-state index contributed by atoms with van der Waals surface area (Å²) < 4.78 is 39.1. The minimum absolute atomic E-state index is 0.0302. The molecular formula is C7H14F3NO. The number of ether oxygens (including phenoxy) is 1. The molecule has 0 rings (SSSR count). The molecule has 0 aromatic heterocycles. The predicted octanol–water partition coefficient (Wildman–Crippen LogP) is 1.56. The molecule has 0 bridgehead atoms. The van der Waals surface area contributed by atoms with E-state index in [1.165, 1.54) is 0 Å². The molecule has 0 radical (unpaired) electrons. The predicted molar refractivity (Wildman–Crippen MR) is 40.0 cm³/mol. The Hall–Kier alpha value is -0.290. The molecule has 0 heterocycles. The van der Waals surface area contributed by atoms with E-state index < -0.39 is 12.8 Å². The molecule has 0 spiro atoms. The van der Waals surface area contributed by atoms with Crippen LogP contribution in [0.15, 0.2) is 0 Å². The lowest BCUT2D eigenvalue weighted by Gasteiger charge is -2.13. The molecule has 0 aromatic carbocycles. The molecule has 74 valence electrons. The van der Waals surface area contributed by atoms with Crippen molar-refractivity contribution in [2.45, 2.75) is 26.1 Å². The molecule has 0 saturated carbocycles. The molecule has 1 unspecified atom stereocenters. The van der Waals surface area contributed by atoms with Crippen LogP contribution in [0.3, 0.4) is 0 Å². The Kier molecular flexibility index (Phi) is 5.24. The molecule has 5 heteroatoms. The van der Waals surface area contributed by atoms with Gasteiger partial charge in [-0.2, -0.15) is 13.2 Å². The van der Waals surface area contributed by atoms with Crippen molar-refractivity contribution in [1.82, 2.24) is 5.32 Å². The van der Waals surface area contributed by atoms with Gasteiger partial charge in [-0.15, -0.1) is 0 Å². The smallest absolute Gasteiger partial charge is 0.370 e. The van der Waals surface area contributed by atoms with Crippen molar-refractivity contribution in [2.75, 3.05) is 19.8 Å². The van der Waals surface area contributed by atoms with E-state index in [2.05, 4.69) is 10.1 Å². The maximum Gasteiger partial charge on any atom is 0.411 e. The summed E-state index contributed by atoms with van der Waals surface area (Å²) in [7, 11) is 0. The molecule has 0 aliphatic heterocycles. The van der Waals surface area contributed by atoms with E-state index in [-0.39, 0.29) is 12.6 Å². The maximum absolute atomic E-state index is 11.5. The standard InChI is InChI=1S/C7H14F3NO/c1-3-11-6(2)4-12-5-7(8,9)10/h6,11H,3-5H2,1-2H3. The Balaban J connectivity index is 3.31. The van der Waals surface area contributed by atoms with Crippen LogP contribution in [0.5, 0.6) is 0 Å². The molecular weight excluding hydrogens is 171 g/mol. The first-order valence-corrected chi connectivity index (χ1v) is 3.83. The summed E-state index contributed by atoms with van der Waals surface area (Å²) in [4.78, 5) is 0. The zero-order valence-corrected chi connectivity index (χ0v) is 7.24. The highest BCUT2D eigenvalue weighted by molar-refractivity contribution is 4.57. The fourth-order valence-corrected chi connectivity index (χ4v) is 0.759. The third-order valence-corrected chi connectivity index (χ3v) is 1.19. The average Bonchev–Trinajstić information content (AvgIpc) is 1.84. The van der Waals surface area contributed by atoms with Crippen LogP contribution in [0.1, 0.15) is 13.8 Å². The lowest BCUT2D eigenvalue weighted by molar-refractivity contribution is -0.174. The monoisotopic (exact) mass is 185 g/mol. The first-order valence-electron chi connectivity index (χ1n) is 3.83. The van der Waals surface area contributed by atoms with Gasteiger partial charge in [0.2, 0.25) is 0 Å². The molecule has 0 aliphatic rings. The van der Waals surface area contributed by atoms with Crippen LogP contribution in [0.4, 0.5) is 13.2 Å². The fraction of sp³-hybridized carbons (Fsp3) is 1.00. The summed E-state index contributed by atoms with van der Waals surface area (Å²) in [5, 5.41) is 2.94. The molecule has 2 nitrogen and oxygen atoms in total. The Morgan fingerprint density at radius 1 is 1.42 bits per heavy atom. The minimum atomic E-state index is -4.22. The largest absolute Gasteiger partial charge is 0.411 e. The van der Waals surface area contributed by atoms with Crippen LogP contribution >= 0.6 is 0 Å². The Morgan fingerprint density at radius 3 is 2.42 bits per heavy atom. The zero-order valence-electron chi connectivity index (χ0n) is 7.24. The number of nitrogens with one attached hydrogen (secondary N) is 1. The van der Waals surface area contributed by atoms with E-state index >= 15 is 0 Å². The summed E-state index contributed by atoms with van der Waals surface area (Å²) >= 11 is 0. The summed E-state index contributed by atoms with van der Waals surface area (Å²) in [6, 6.07) is -0.0302. The molecule has 0 saturated heterocycles. The van der Waals surface area contributed by atoms with E-state index in [4.69, 9.17) is 0 Å². The van der Waals surface area contributed by atoms with E-state index in [9.17, 15) is 13.2 Å². The lowest BCUT2D eigenvalue weighted by Crippen LogP contribution is -2.32. The molecule has 0 amide bonds. The second-order valence-corrected chi connectivity index (χ2v) is 2.59. The van der Waals surface area contributed by atoms with Gasteiger partial charge in [-0.25, -0.2) is 0 Å². The third kappa shape index (κ3) is 7.81. The fourth-order valence-electron chi connectivity index (χ4n) is 0.759. The van der Waals surface area contributed by atoms with Crippen LogP contribution in [-0.2, 0) is 4.74 Å². The third-order valence-electron chi connectivity index (χ3n) is 1.19. The van der Waals surface area contributed by atoms with Gasteiger partial charge in [0.1, 0.15) is 6.61 Å². The van der Waals surface area contributed by atoms with Gasteiger partial charge in [0.05, 0.1) is 6.61 Å². The van der Waals surface area contributed by atoms with Crippen molar-refractivity contribution < 1.29 is 17.9 Å². The highest BCUT2D eigenvalue weighted by Gasteiger charge is 2.27. The first kappa shape index (κ1) is 11.7. The van der Waals surface area contributed by atoms with Gasteiger partial charge in [0.15, 0.2) is 0 Å². The Bertz CT molecular complexity index is 116. The van der Waals surface area contributed by atoms with Gasteiger partial charge in [-0.1, -0.05) is 6.92 Å². The first-order chi connectivity index (χ1) is 5.45. The summed E-state index contributed by atoms with van der Waals surface area (Å²) in [6.07, 6.45) is -4.22. The van der Waals surface area contributed by atoms with Crippen molar-refractivity contribution in [3.8, 4) is 0 Å². The minimum Gasteiger partial charge on any atom is -0.370 e. The lowest BCUT2D eigenvalue weighted by atomic mass is 10.3. The van der Waals surface area contributed by atoms with Gasteiger partial charge in [-0.05, 0) is 13.5 Å². The summed E-state index contributed by atoms with van der Waals surface area (Å²) in [5.41, 5.74) is 0. The van der Waals surface area contributed by atoms with E-state index in [0.29, 0.717) is 0 Å². The van der Waals surface area contributed by atoms with E-state index in [0.717, 1.165) is 6.54 Å². The number of hydrogen-bond donors (Lipinski definition) is 1. The van der Waals surface area contributed by atoms with E-state index in [1.807, 2.05) is 6.92 Å². The van der Waals surface area contributed by atoms with Crippen LogP contribution in [-0.4, -0.2) is 32.0 Å². The second kappa shape index (κ2) is 5.37. The van der Waals surface area contributed by atoms with Crippen molar-refractivity contribution >= 4 is 0 Å². The SMILES string of the molecule is CCNC(C)COCC(F)(F)F. The summed E-state index contributed by atoms with van der Waals surface area (Å²) in [6.45, 7) is 3.33. The highest BCUT2D eigenvalue weighted by Crippen LogP contribution is 2.14. The van der Waals surface area contributed by atoms with Gasteiger partial charge in [0, 0.05) is 6.04 Å². The van der Waals surface area contributed by atoms with E-state index in [1.54, 1.807) is 6.92 Å². The number of likely N-dealkylation sites (N-methyl/N-ethyl adjacent to an activating group) is 1. The van der Waals surface area contributed by atoms with Crippen molar-refractivity contribution in [3.05, 3.63) is 0 Å². The second-order valence-electron chi connectivity index (χ2n) is 2.59. The number of rotatable bonds is 5. The van der Waals surface area contributed by atoms with Crippen LogP contribution in [0, 0.1) is 0 Å². The topological polar surface area (TPSA) is 21.3 Å². The molecule has 0 aliphatic carbocycles. The normalized spacial score (nSPS) is 14.8. The van der Waals surface area contributed by atoms with Gasteiger partial charge in [0.25, 0.3) is 0 Å². The van der Waals surface area contributed by atoms with Crippen molar-refractivity contribution in [3.63, 3.8) is 0 Å². The van der Waals surface area contributed by atoms with Crippen molar-refractivity contribution in [1.29, 1.82) is 0 Å². The molecule has 0 fully saturated rings.